The smallest absolute Gasteiger partial charge is 0.339 e. The van der Waals surface area contributed by atoms with Crippen LogP contribution < -0.4 is 9.47 Å². The molecule has 2 rings (SSSR count). The molecular weight excluding hydrogens is 228 g/mol. The van der Waals surface area contributed by atoms with Crippen molar-refractivity contribution in [1.82, 2.24) is 0 Å². The summed E-state index contributed by atoms with van der Waals surface area (Å²) in [4.78, 5) is 11.8. The number of carbonyl (C=O) groups is 1. The van der Waals surface area contributed by atoms with E-state index in [9.17, 15) is 4.79 Å². The fourth-order valence-corrected chi connectivity index (χ4v) is 2.25. The van der Waals surface area contributed by atoms with E-state index in [1.807, 2.05) is 12.1 Å². The summed E-state index contributed by atoms with van der Waals surface area (Å²) >= 11 is 0. The van der Waals surface area contributed by atoms with Gasteiger partial charge >= 0.3 is 5.97 Å². The molecule has 1 aromatic rings. The van der Waals surface area contributed by atoms with Gasteiger partial charge in [0.15, 0.2) is 0 Å². The Balaban J connectivity index is 2.37. The summed E-state index contributed by atoms with van der Waals surface area (Å²) in [5, 5.41) is 0. The van der Waals surface area contributed by atoms with Crippen LogP contribution in [0.25, 0.3) is 0 Å². The Labute approximate surface area is 107 Å². The zero-order valence-corrected chi connectivity index (χ0v) is 10.9. The van der Waals surface area contributed by atoms with Gasteiger partial charge in [-0.1, -0.05) is 32.4 Å². The first-order chi connectivity index (χ1) is 8.67. The molecule has 1 aliphatic heterocycles. The number of esters is 1. The third-order valence-corrected chi connectivity index (χ3v) is 3.33. The van der Waals surface area contributed by atoms with E-state index in [2.05, 4.69) is 13.5 Å². The molecule has 0 aromatic heterocycles. The van der Waals surface area contributed by atoms with Gasteiger partial charge in [0.25, 0.3) is 0 Å². The Kier molecular flexibility index (Phi) is 3.70. The molecule has 0 saturated heterocycles. The number of fused-ring (bicyclic) bond motifs is 1. The maximum absolute atomic E-state index is 11.8. The molecule has 1 aromatic carbocycles. The van der Waals surface area contributed by atoms with Crippen LogP contribution in [0.15, 0.2) is 30.4 Å². The van der Waals surface area contributed by atoms with Crippen LogP contribution in [0.1, 0.15) is 37.7 Å². The summed E-state index contributed by atoms with van der Waals surface area (Å²) in [6.07, 6.45) is 3.11. The summed E-state index contributed by atoms with van der Waals surface area (Å²) in [7, 11) is 1.60. The van der Waals surface area contributed by atoms with Crippen LogP contribution in [-0.4, -0.2) is 13.1 Å². The van der Waals surface area contributed by atoms with Crippen LogP contribution in [0.4, 0.5) is 0 Å². The summed E-state index contributed by atoms with van der Waals surface area (Å²) in [5.41, 5.74) is 1.59. The summed E-state index contributed by atoms with van der Waals surface area (Å²) in [6, 6.07) is 5.62. The van der Waals surface area contributed by atoms with Gasteiger partial charge in [-0.3, -0.25) is 0 Å². The van der Waals surface area contributed by atoms with E-state index in [4.69, 9.17) is 9.47 Å². The largest absolute Gasteiger partial charge is 0.497 e. The molecule has 0 aliphatic carbocycles. The molecule has 0 radical (unpaired) electrons. The third-order valence-electron chi connectivity index (χ3n) is 3.33. The van der Waals surface area contributed by atoms with Gasteiger partial charge in [-0.15, -0.1) is 0 Å². The monoisotopic (exact) mass is 246 g/mol. The minimum atomic E-state index is -0.322. The summed E-state index contributed by atoms with van der Waals surface area (Å²) < 4.78 is 10.4. The van der Waals surface area contributed by atoms with Gasteiger partial charge in [0.05, 0.1) is 7.11 Å². The van der Waals surface area contributed by atoms with E-state index in [0.717, 1.165) is 24.8 Å². The highest BCUT2D eigenvalue weighted by atomic mass is 16.5. The number of unbranched alkanes of at least 4 members (excludes halogenated alkanes) is 1. The van der Waals surface area contributed by atoms with Gasteiger partial charge in [-0.2, -0.15) is 0 Å². The van der Waals surface area contributed by atoms with Gasteiger partial charge in [0, 0.05) is 23.1 Å². The van der Waals surface area contributed by atoms with Crippen molar-refractivity contribution in [2.75, 3.05) is 7.11 Å². The molecule has 0 N–H and O–H groups in total. The second kappa shape index (κ2) is 5.25. The molecule has 1 heterocycles. The predicted octanol–water partition coefficient (Wildman–Crippen LogP) is 3.44. The summed E-state index contributed by atoms with van der Waals surface area (Å²) in [6.45, 7) is 6.00. The van der Waals surface area contributed by atoms with Crippen molar-refractivity contribution < 1.29 is 14.3 Å². The normalized spacial score (nSPS) is 18.2. The molecule has 0 bridgehead atoms. The fourth-order valence-electron chi connectivity index (χ4n) is 2.25. The minimum absolute atomic E-state index is 0.0760. The lowest BCUT2D eigenvalue weighted by Crippen LogP contribution is -2.23. The van der Waals surface area contributed by atoms with E-state index in [0.29, 0.717) is 17.1 Å². The molecule has 0 saturated carbocycles. The number of rotatable bonds is 4. The number of benzene rings is 1. The number of hydrogen-bond donors (Lipinski definition) is 0. The van der Waals surface area contributed by atoms with Crippen LogP contribution in [0.2, 0.25) is 0 Å². The highest BCUT2D eigenvalue weighted by Gasteiger charge is 2.30. The van der Waals surface area contributed by atoms with Gasteiger partial charge < -0.3 is 9.47 Å². The van der Waals surface area contributed by atoms with Crippen molar-refractivity contribution in [1.29, 1.82) is 0 Å². The molecular formula is C15H18O3. The van der Waals surface area contributed by atoms with Gasteiger partial charge in [0.1, 0.15) is 11.5 Å². The van der Waals surface area contributed by atoms with Crippen LogP contribution >= 0.6 is 0 Å². The number of ether oxygens (including phenoxy) is 2. The summed E-state index contributed by atoms with van der Waals surface area (Å²) in [5.74, 6) is 1.06. The Hall–Kier alpha value is -1.77. The van der Waals surface area contributed by atoms with Crippen molar-refractivity contribution in [2.24, 2.45) is 0 Å². The first-order valence-corrected chi connectivity index (χ1v) is 6.26. The third kappa shape index (κ3) is 2.26. The van der Waals surface area contributed by atoms with Crippen LogP contribution in [0.3, 0.4) is 0 Å². The second-order valence-electron chi connectivity index (χ2n) is 4.51. The number of hydrogen-bond acceptors (Lipinski definition) is 3. The standard InChI is InChI=1S/C15H18O3/c1-4-5-6-12-10(2)15(16)18-14-9-11(17-3)7-8-13(12)14/h7-9,12H,2,4-6H2,1,3H3. The van der Waals surface area contributed by atoms with Crippen LogP contribution in [0.5, 0.6) is 11.5 Å². The minimum Gasteiger partial charge on any atom is -0.497 e. The zero-order valence-electron chi connectivity index (χ0n) is 10.9. The highest BCUT2D eigenvalue weighted by molar-refractivity contribution is 5.93. The first kappa shape index (κ1) is 12.7. The molecule has 0 spiro atoms. The molecule has 3 nitrogen and oxygen atoms in total. The topological polar surface area (TPSA) is 35.5 Å². The molecule has 96 valence electrons. The SMILES string of the molecule is C=C1C(=O)Oc2cc(OC)ccc2C1CCCC. The van der Waals surface area contributed by atoms with Gasteiger partial charge in [0.2, 0.25) is 0 Å². The molecule has 0 amide bonds. The Bertz CT molecular complexity index is 477. The number of methoxy groups -OCH3 is 1. The Morgan fingerprint density at radius 3 is 2.89 bits per heavy atom. The van der Waals surface area contributed by atoms with Crippen molar-refractivity contribution in [2.45, 2.75) is 32.1 Å². The van der Waals surface area contributed by atoms with Crippen molar-refractivity contribution in [3.8, 4) is 11.5 Å². The molecule has 1 unspecified atom stereocenters. The van der Waals surface area contributed by atoms with E-state index >= 15 is 0 Å². The molecule has 1 atom stereocenters. The van der Waals surface area contributed by atoms with Crippen molar-refractivity contribution >= 4 is 5.97 Å². The maximum Gasteiger partial charge on any atom is 0.339 e. The maximum atomic E-state index is 11.8. The lowest BCUT2D eigenvalue weighted by atomic mass is 9.85. The molecule has 1 aliphatic rings. The lowest BCUT2D eigenvalue weighted by Gasteiger charge is -2.26. The van der Waals surface area contributed by atoms with Gasteiger partial charge in [-0.25, -0.2) is 4.79 Å². The molecule has 0 fully saturated rings. The predicted molar refractivity (Wildman–Crippen MR) is 70.0 cm³/mol. The Morgan fingerprint density at radius 2 is 2.22 bits per heavy atom. The lowest BCUT2D eigenvalue weighted by molar-refractivity contribution is -0.131. The zero-order chi connectivity index (χ0) is 13.1. The van der Waals surface area contributed by atoms with E-state index < -0.39 is 0 Å². The van der Waals surface area contributed by atoms with E-state index in [1.165, 1.54) is 0 Å². The molecule has 3 heteroatoms. The number of carbonyl (C=O) groups excluding carboxylic acids is 1. The van der Waals surface area contributed by atoms with Crippen molar-refractivity contribution in [3.63, 3.8) is 0 Å². The fraction of sp³-hybridized carbons (Fsp3) is 0.400. The van der Waals surface area contributed by atoms with E-state index in [-0.39, 0.29) is 11.9 Å². The van der Waals surface area contributed by atoms with Crippen LogP contribution in [-0.2, 0) is 4.79 Å². The van der Waals surface area contributed by atoms with Crippen LogP contribution in [0, 0.1) is 0 Å². The Morgan fingerprint density at radius 1 is 1.44 bits per heavy atom. The average molecular weight is 246 g/mol. The highest BCUT2D eigenvalue weighted by Crippen LogP contribution is 2.41. The first-order valence-electron chi connectivity index (χ1n) is 6.26. The average Bonchev–Trinajstić information content (AvgIpc) is 2.39. The van der Waals surface area contributed by atoms with Crippen molar-refractivity contribution in [3.05, 3.63) is 35.9 Å². The van der Waals surface area contributed by atoms with Gasteiger partial charge in [-0.05, 0) is 12.5 Å². The second-order valence-corrected chi connectivity index (χ2v) is 4.51. The quantitative estimate of drug-likeness (QED) is 0.464. The van der Waals surface area contributed by atoms with E-state index in [1.54, 1.807) is 13.2 Å². The molecule has 18 heavy (non-hydrogen) atoms.